The standard InChI is InChI=1S/C19H15BrClNO2.C19H18BrNO4.C19H16BrNO3.C17H12BrNO3.C13H10BrNO.C7H4BrN.C6H9ClO3.C6H7N/c1-2-24-17(23)11-15-18(12-6-5-7-13(20)10-12)14-8-3-4-9-16(14)22-19(15)21;1-2-25-18(23)11-10-17(22)21-16-9-4-3-8-15(16)19(24)13-6-5-7-14(20)12-13;1-2-24-17(22)11-15-18(12-6-5-7-13(20)10-12)14-8-3-4-9-16(14)21-19(15)23;18-11-5-3-4-10(8-11)16-12-6-1-2-7-14(12)19-17(22)13(16)9-15(20)21;14-10-5-3-4-9(8-10)13(16)11-6-1-2-7-12(11)15;8-7-3-1-2-6(4-7)5-9;1-2-10-6(9)4-3-5(7)8;7-6-4-2-1-3-5-6/h3-10H,2,11H2,1H3;3-9,12H,2,10-11H2,1H3,(H,21,22);3-10H,2,11H2,1H3,(H,21,23);1-8H,9H2,(H,19,22)(H,20,21);1-8H,15H2;1-4H;2-4H2,1H3;1-5H,7H2. The van der Waals surface area contributed by atoms with Crippen LogP contribution in [0.4, 0.5) is 17.1 Å². The van der Waals surface area contributed by atoms with Gasteiger partial charge in [0.25, 0.3) is 11.1 Å². The van der Waals surface area contributed by atoms with Gasteiger partial charge in [0.15, 0.2) is 11.6 Å². The molecular formula is C106H91Br6Cl2N7O16. The molecule has 0 saturated carbocycles. The van der Waals surface area contributed by atoms with Crippen LogP contribution in [-0.2, 0) is 71.8 Å². The summed E-state index contributed by atoms with van der Waals surface area (Å²) in [5, 5.41) is 22.7. The maximum absolute atomic E-state index is 12.7. The quantitative estimate of drug-likeness (QED) is 0.00817. The number of fused-ring (bicyclic) bond motifs is 3. The number of nitrogens with zero attached hydrogens (tertiary/aromatic N) is 2. The number of para-hydroxylation sites is 6. The summed E-state index contributed by atoms with van der Waals surface area (Å²) >= 11 is 31.7. The van der Waals surface area contributed by atoms with Crippen molar-refractivity contribution in [2.45, 2.75) is 72.6 Å². The Morgan fingerprint density at radius 1 is 0.409 bits per heavy atom. The number of hydrogen-bond acceptors (Lipinski definition) is 19. The number of benzene rings is 12. The summed E-state index contributed by atoms with van der Waals surface area (Å²) in [6, 6.07) is 92.8. The minimum absolute atomic E-state index is 0.00141. The number of hydrogen-bond donors (Lipinski definition) is 6. The summed E-state index contributed by atoms with van der Waals surface area (Å²) in [6.07, 6.45) is -0.152. The molecule has 15 rings (SSSR count). The van der Waals surface area contributed by atoms with E-state index in [2.05, 4.69) is 121 Å². The van der Waals surface area contributed by atoms with Crippen molar-refractivity contribution in [1.82, 2.24) is 15.0 Å². The predicted molar refractivity (Wildman–Crippen MR) is 561 cm³/mol. The first-order chi connectivity index (χ1) is 65.8. The average Bonchev–Trinajstić information content (AvgIpc) is 0.775. The number of nitrogens with two attached hydrogens (primary N) is 2. The van der Waals surface area contributed by atoms with E-state index in [4.69, 9.17) is 59.2 Å². The summed E-state index contributed by atoms with van der Waals surface area (Å²) in [5.41, 5.74) is 23.6. The number of carboxylic acid groups (broad SMARTS) is 1. The number of aromatic amines is 2. The van der Waals surface area contributed by atoms with Crippen molar-refractivity contribution >= 4 is 221 Å². The smallest absolute Gasteiger partial charge is 0.310 e. The number of esters is 4. The molecule has 23 nitrogen and oxygen atoms in total. The number of aromatic nitrogens is 3. The number of nitrogens with one attached hydrogen (secondary N) is 3. The number of nitriles is 1. The molecule has 0 saturated heterocycles. The lowest BCUT2D eigenvalue weighted by Crippen LogP contribution is -2.19. The number of carbonyl (C=O) groups is 9. The van der Waals surface area contributed by atoms with Crippen LogP contribution < -0.4 is 27.9 Å². The van der Waals surface area contributed by atoms with Crippen LogP contribution in [0.5, 0.6) is 0 Å². The van der Waals surface area contributed by atoms with Crippen molar-refractivity contribution in [2.24, 2.45) is 0 Å². The average molecular weight is 2270 g/mol. The van der Waals surface area contributed by atoms with Gasteiger partial charge in [-0.3, -0.25) is 52.7 Å². The number of pyridine rings is 3. The number of aliphatic carboxylic acids is 1. The highest BCUT2D eigenvalue weighted by atomic mass is 79.9. The maximum Gasteiger partial charge on any atom is 0.310 e. The number of carboxylic acids is 1. The molecule has 0 unspecified atom stereocenters. The Morgan fingerprint density at radius 3 is 1.22 bits per heavy atom. The minimum atomic E-state index is -1.03. The Balaban J connectivity index is 0.000000198. The second-order valence-corrected chi connectivity index (χ2v) is 35.2. The lowest BCUT2D eigenvalue weighted by molar-refractivity contribution is -0.144. The molecule has 31 heteroatoms. The van der Waals surface area contributed by atoms with Gasteiger partial charge in [-0.15, -0.1) is 0 Å². The topological polar surface area (TPSA) is 377 Å². The van der Waals surface area contributed by atoms with Crippen LogP contribution in [0.2, 0.25) is 5.15 Å². The molecule has 3 aromatic heterocycles. The SMILES string of the molecule is CCOC(=O)CCC(=O)Cl.CCOC(=O)CCC(=O)Nc1ccccc1C(=O)c1cccc(Br)c1.CCOC(=O)Cc1c(-c2cccc(Br)c2)c2ccccc2[nH]c1=O.CCOC(=O)Cc1c(Cl)nc2ccccc2c1-c1cccc(Br)c1.N#Cc1cccc(Br)c1.Nc1ccccc1.Nc1ccccc1C(=O)c1cccc(Br)c1.O=C(O)Cc1c(-c2cccc(Br)c2)c2ccccc2[nH]c1=O. The third-order valence-corrected chi connectivity index (χ3v) is 22.6. The lowest BCUT2D eigenvalue weighted by Gasteiger charge is -2.15. The first kappa shape index (κ1) is 109. The van der Waals surface area contributed by atoms with Crippen LogP contribution in [0, 0.1) is 11.3 Å². The zero-order valence-electron chi connectivity index (χ0n) is 74.2. The Kier molecular flexibility index (Phi) is 45.4. The molecule has 0 atom stereocenters. The van der Waals surface area contributed by atoms with Gasteiger partial charge in [0.1, 0.15) is 5.15 Å². The number of carbonyl (C=O) groups excluding carboxylic acids is 8. The van der Waals surface area contributed by atoms with Crippen LogP contribution in [0.15, 0.2) is 334 Å². The van der Waals surface area contributed by atoms with Gasteiger partial charge >= 0.3 is 29.8 Å². The number of nitrogen functional groups attached to an aromatic ring is 2. The molecule has 0 aliphatic rings. The molecule has 0 bridgehead atoms. The van der Waals surface area contributed by atoms with Crippen molar-refractivity contribution in [3.8, 4) is 39.4 Å². The molecule has 3 heterocycles. The Morgan fingerprint density at radius 2 is 0.788 bits per heavy atom. The number of rotatable bonds is 24. The van der Waals surface area contributed by atoms with Crippen LogP contribution >= 0.6 is 119 Å². The van der Waals surface area contributed by atoms with Crippen LogP contribution in [0.3, 0.4) is 0 Å². The Hall–Kier alpha value is -13.2. The van der Waals surface area contributed by atoms with Crippen LogP contribution in [0.25, 0.3) is 66.1 Å². The Labute approximate surface area is 850 Å². The summed E-state index contributed by atoms with van der Waals surface area (Å²) in [7, 11) is 0. The van der Waals surface area contributed by atoms with Crippen molar-refractivity contribution in [2.75, 3.05) is 43.2 Å². The molecule has 702 valence electrons. The van der Waals surface area contributed by atoms with Gasteiger partial charge in [-0.05, 0) is 195 Å². The number of amides is 1. The zero-order valence-corrected chi connectivity index (χ0v) is 85.2. The maximum atomic E-state index is 12.7. The number of halogens is 8. The number of ketones is 2. The van der Waals surface area contributed by atoms with Gasteiger partial charge in [-0.1, -0.05) is 271 Å². The van der Waals surface area contributed by atoms with Gasteiger partial charge in [0.05, 0.1) is 81.4 Å². The molecule has 0 radical (unpaired) electrons. The highest BCUT2D eigenvalue weighted by Gasteiger charge is 2.24. The number of ether oxygens (including phenoxy) is 4. The molecule has 0 aliphatic heterocycles. The van der Waals surface area contributed by atoms with Crippen molar-refractivity contribution < 1.29 is 67.2 Å². The molecule has 0 spiro atoms. The highest BCUT2D eigenvalue weighted by molar-refractivity contribution is 9.11. The highest BCUT2D eigenvalue weighted by Crippen LogP contribution is 2.38. The zero-order chi connectivity index (χ0) is 99.5. The van der Waals surface area contributed by atoms with E-state index < -0.39 is 23.2 Å². The van der Waals surface area contributed by atoms with Gasteiger partial charge in [-0.2, -0.15) is 5.26 Å². The second-order valence-electron chi connectivity index (χ2n) is 28.9. The van der Waals surface area contributed by atoms with E-state index in [0.29, 0.717) is 79.8 Å². The Bertz CT molecular complexity index is 6960. The summed E-state index contributed by atoms with van der Waals surface area (Å²) in [5.74, 6) is -3.14. The van der Waals surface area contributed by atoms with Crippen molar-refractivity contribution in [3.05, 3.63) is 394 Å². The van der Waals surface area contributed by atoms with Gasteiger partial charge in [0.2, 0.25) is 11.1 Å². The third-order valence-electron chi connectivity index (χ3n) is 19.2. The third kappa shape index (κ3) is 35.2. The molecule has 0 fully saturated rings. The van der Waals surface area contributed by atoms with Crippen molar-refractivity contribution in [3.63, 3.8) is 0 Å². The van der Waals surface area contributed by atoms with E-state index >= 15 is 0 Å². The predicted octanol–water partition coefficient (Wildman–Crippen LogP) is 25.0. The van der Waals surface area contributed by atoms with Gasteiger partial charge in [0, 0.05) is 128 Å². The molecule has 12 aromatic carbocycles. The van der Waals surface area contributed by atoms with E-state index in [9.17, 15) is 52.7 Å². The summed E-state index contributed by atoms with van der Waals surface area (Å²) in [4.78, 5) is 139. The minimum Gasteiger partial charge on any atom is -0.481 e. The second kappa shape index (κ2) is 57.0. The van der Waals surface area contributed by atoms with Crippen LogP contribution in [-0.4, -0.2) is 99.0 Å². The van der Waals surface area contributed by atoms with Crippen LogP contribution in [0.1, 0.15) is 107 Å². The van der Waals surface area contributed by atoms with E-state index in [0.717, 1.165) is 87.5 Å². The molecule has 8 N–H and O–H groups in total. The first-order valence-corrected chi connectivity index (χ1v) is 47.8. The van der Waals surface area contributed by atoms with E-state index in [1.54, 1.807) is 107 Å². The molecule has 137 heavy (non-hydrogen) atoms. The summed E-state index contributed by atoms with van der Waals surface area (Å²) < 4.78 is 24.8. The molecule has 1 amide bonds. The van der Waals surface area contributed by atoms with Gasteiger partial charge in [-0.25, -0.2) is 4.98 Å². The first-order valence-electron chi connectivity index (χ1n) is 42.3. The fraction of sp³-hybridized carbons (Fsp3) is 0.142. The largest absolute Gasteiger partial charge is 0.481 e. The number of anilines is 3. The molecule has 0 aliphatic carbocycles. The number of H-pyrrole nitrogens is 2. The normalized spacial score (nSPS) is 10.2. The van der Waals surface area contributed by atoms with E-state index in [1.807, 2.05) is 224 Å². The van der Waals surface area contributed by atoms with E-state index in [1.165, 1.54) is 0 Å². The van der Waals surface area contributed by atoms with Crippen molar-refractivity contribution in [1.29, 1.82) is 5.26 Å². The summed E-state index contributed by atoms with van der Waals surface area (Å²) in [6.45, 7) is 8.20. The molecular weight excluding hydrogens is 2180 g/mol. The monoisotopic (exact) mass is 2260 g/mol. The van der Waals surface area contributed by atoms with Gasteiger partial charge < -0.3 is 50.8 Å². The fourth-order valence-electron chi connectivity index (χ4n) is 13.2. The lowest BCUT2D eigenvalue weighted by atomic mass is 9.95. The fourth-order valence-corrected chi connectivity index (χ4v) is 16.0. The molecule has 15 aromatic rings. The van der Waals surface area contributed by atoms with E-state index in [-0.39, 0.29) is 104 Å².